The molecular weight excluding hydrogens is 124 g/mol. The van der Waals surface area contributed by atoms with Gasteiger partial charge in [0.25, 0.3) is 0 Å². The molecule has 52 valence electrons. The standard InChI is InChI=1S/C9H10O/c10-9-6-2-4-7-3-1-5-8(7)9/h1-4,6-8,10H,5H2. The van der Waals surface area contributed by atoms with E-state index in [4.69, 9.17) is 0 Å². The van der Waals surface area contributed by atoms with Crippen LogP contribution in [0.1, 0.15) is 6.42 Å². The van der Waals surface area contributed by atoms with Gasteiger partial charge in [-0.2, -0.15) is 0 Å². The zero-order chi connectivity index (χ0) is 6.97. The van der Waals surface area contributed by atoms with Crippen molar-refractivity contribution in [2.75, 3.05) is 0 Å². The number of allylic oxidation sites excluding steroid dienone is 6. The first-order valence-corrected chi connectivity index (χ1v) is 3.62. The molecule has 2 aliphatic carbocycles. The predicted octanol–water partition coefficient (Wildman–Crippen LogP) is 2.19. The van der Waals surface area contributed by atoms with Gasteiger partial charge in [0.05, 0.1) is 5.76 Å². The first-order valence-electron chi connectivity index (χ1n) is 3.62. The smallest absolute Gasteiger partial charge is 0.0965 e. The van der Waals surface area contributed by atoms with E-state index >= 15 is 0 Å². The fourth-order valence-electron chi connectivity index (χ4n) is 1.60. The molecule has 2 aliphatic rings. The molecule has 1 N–H and O–H groups in total. The molecule has 0 aliphatic heterocycles. The van der Waals surface area contributed by atoms with E-state index in [1.165, 1.54) is 0 Å². The maximum absolute atomic E-state index is 9.35. The SMILES string of the molecule is OC1=CC=CC2C=CCC12. The van der Waals surface area contributed by atoms with Crippen LogP contribution in [0.5, 0.6) is 0 Å². The Morgan fingerprint density at radius 2 is 2.30 bits per heavy atom. The summed E-state index contributed by atoms with van der Waals surface area (Å²) in [5.41, 5.74) is 0. The van der Waals surface area contributed by atoms with Gasteiger partial charge in [0.2, 0.25) is 0 Å². The van der Waals surface area contributed by atoms with Gasteiger partial charge in [-0.15, -0.1) is 0 Å². The molecule has 0 amide bonds. The van der Waals surface area contributed by atoms with Crippen LogP contribution in [0.25, 0.3) is 0 Å². The van der Waals surface area contributed by atoms with E-state index in [0.717, 1.165) is 6.42 Å². The summed E-state index contributed by atoms with van der Waals surface area (Å²) in [6.07, 6.45) is 11.1. The number of aliphatic hydroxyl groups is 1. The summed E-state index contributed by atoms with van der Waals surface area (Å²) in [6.45, 7) is 0. The molecule has 2 rings (SSSR count). The van der Waals surface area contributed by atoms with Crippen LogP contribution in [0, 0.1) is 11.8 Å². The maximum Gasteiger partial charge on any atom is 0.0965 e. The third-order valence-corrected chi connectivity index (χ3v) is 2.19. The molecule has 0 aromatic carbocycles. The lowest BCUT2D eigenvalue weighted by molar-refractivity contribution is 0.312. The first-order chi connectivity index (χ1) is 4.88. The van der Waals surface area contributed by atoms with E-state index in [1.54, 1.807) is 6.08 Å². The van der Waals surface area contributed by atoms with Gasteiger partial charge in [-0.1, -0.05) is 24.3 Å². The van der Waals surface area contributed by atoms with Crippen molar-refractivity contribution in [2.45, 2.75) is 6.42 Å². The molecule has 0 heterocycles. The van der Waals surface area contributed by atoms with E-state index in [-0.39, 0.29) is 0 Å². The van der Waals surface area contributed by atoms with Crippen LogP contribution < -0.4 is 0 Å². The Morgan fingerprint density at radius 1 is 1.40 bits per heavy atom. The molecule has 0 aromatic rings. The summed E-state index contributed by atoms with van der Waals surface area (Å²) < 4.78 is 0. The van der Waals surface area contributed by atoms with Crippen molar-refractivity contribution in [3.63, 3.8) is 0 Å². The van der Waals surface area contributed by atoms with Gasteiger partial charge in [0, 0.05) is 11.8 Å². The summed E-state index contributed by atoms with van der Waals surface area (Å²) in [5.74, 6) is 1.35. The van der Waals surface area contributed by atoms with Gasteiger partial charge >= 0.3 is 0 Å². The Labute approximate surface area is 60.4 Å². The zero-order valence-electron chi connectivity index (χ0n) is 5.70. The number of hydrogen-bond acceptors (Lipinski definition) is 1. The Balaban J connectivity index is 2.29. The molecule has 0 radical (unpaired) electrons. The number of rotatable bonds is 0. The molecule has 0 spiro atoms. The van der Waals surface area contributed by atoms with E-state index in [0.29, 0.717) is 17.6 Å². The van der Waals surface area contributed by atoms with Gasteiger partial charge in [-0.05, 0) is 12.5 Å². The highest BCUT2D eigenvalue weighted by Gasteiger charge is 2.25. The minimum absolute atomic E-state index is 0.352. The minimum Gasteiger partial charge on any atom is -0.512 e. The van der Waals surface area contributed by atoms with Gasteiger partial charge in [0.1, 0.15) is 0 Å². The van der Waals surface area contributed by atoms with Crippen LogP contribution in [0.3, 0.4) is 0 Å². The van der Waals surface area contributed by atoms with Crippen LogP contribution in [0.15, 0.2) is 36.1 Å². The molecule has 2 unspecified atom stereocenters. The number of fused-ring (bicyclic) bond motifs is 1. The third-order valence-electron chi connectivity index (χ3n) is 2.19. The van der Waals surface area contributed by atoms with E-state index in [1.807, 2.05) is 6.08 Å². The van der Waals surface area contributed by atoms with E-state index < -0.39 is 0 Å². The summed E-state index contributed by atoms with van der Waals surface area (Å²) >= 11 is 0. The van der Waals surface area contributed by atoms with Crippen molar-refractivity contribution in [2.24, 2.45) is 11.8 Å². The van der Waals surface area contributed by atoms with Crippen LogP contribution in [-0.4, -0.2) is 5.11 Å². The first kappa shape index (κ1) is 5.78. The maximum atomic E-state index is 9.35. The quantitative estimate of drug-likeness (QED) is 0.503. The van der Waals surface area contributed by atoms with Crippen molar-refractivity contribution in [1.29, 1.82) is 0 Å². The van der Waals surface area contributed by atoms with Gasteiger partial charge in [-0.25, -0.2) is 0 Å². The Kier molecular flexibility index (Phi) is 1.16. The summed E-state index contributed by atoms with van der Waals surface area (Å²) in [4.78, 5) is 0. The fraction of sp³-hybridized carbons (Fsp3) is 0.333. The molecule has 0 saturated heterocycles. The molecule has 2 atom stereocenters. The number of hydrogen-bond donors (Lipinski definition) is 1. The Bertz CT molecular complexity index is 223. The normalized spacial score (nSPS) is 35.8. The highest BCUT2D eigenvalue weighted by atomic mass is 16.3. The fourth-order valence-corrected chi connectivity index (χ4v) is 1.60. The van der Waals surface area contributed by atoms with Gasteiger partial charge < -0.3 is 5.11 Å². The van der Waals surface area contributed by atoms with Crippen molar-refractivity contribution in [3.05, 3.63) is 36.1 Å². The lowest BCUT2D eigenvalue weighted by Gasteiger charge is -2.17. The highest BCUT2D eigenvalue weighted by molar-refractivity contribution is 5.25. The Morgan fingerprint density at radius 3 is 3.10 bits per heavy atom. The molecule has 0 aromatic heterocycles. The molecule has 0 saturated carbocycles. The summed E-state index contributed by atoms with van der Waals surface area (Å²) in [6, 6.07) is 0. The molecule has 1 nitrogen and oxygen atoms in total. The van der Waals surface area contributed by atoms with E-state index in [2.05, 4.69) is 18.2 Å². The molecule has 10 heavy (non-hydrogen) atoms. The van der Waals surface area contributed by atoms with Crippen molar-refractivity contribution < 1.29 is 5.11 Å². The average Bonchev–Trinajstić information content (AvgIpc) is 2.36. The monoisotopic (exact) mass is 134 g/mol. The zero-order valence-corrected chi connectivity index (χ0v) is 5.70. The van der Waals surface area contributed by atoms with Crippen LogP contribution in [-0.2, 0) is 0 Å². The van der Waals surface area contributed by atoms with Crippen molar-refractivity contribution in [1.82, 2.24) is 0 Å². The molecular formula is C9H10O. The third kappa shape index (κ3) is 0.703. The van der Waals surface area contributed by atoms with Gasteiger partial charge in [-0.3, -0.25) is 0 Å². The van der Waals surface area contributed by atoms with Crippen molar-refractivity contribution >= 4 is 0 Å². The number of aliphatic hydroxyl groups excluding tert-OH is 1. The van der Waals surface area contributed by atoms with Crippen LogP contribution in [0.2, 0.25) is 0 Å². The Hall–Kier alpha value is -0.980. The average molecular weight is 134 g/mol. The molecule has 1 heteroatoms. The lowest BCUT2D eigenvalue weighted by Crippen LogP contribution is -2.10. The molecule has 0 fully saturated rings. The van der Waals surface area contributed by atoms with Gasteiger partial charge in [0.15, 0.2) is 0 Å². The minimum atomic E-state index is 0.352. The largest absolute Gasteiger partial charge is 0.512 e. The summed E-state index contributed by atoms with van der Waals surface area (Å²) in [5, 5.41) is 9.35. The second-order valence-corrected chi connectivity index (χ2v) is 2.82. The topological polar surface area (TPSA) is 20.2 Å². The van der Waals surface area contributed by atoms with E-state index in [9.17, 15) is 5.11 Å². The van der Waals surface area contributed by atoms with Crippen LogP contribution in [0.4, 0.5) is 0 Å². The summed E-state index contributed by atoms with van der Waals surface area (Å²) in [7, 11) is 0. The molecule has 0 bridgehead atoms. The van der Waals surface area contributed by atoms with Crippen LogP contribution >= 0.6 is 0 Å². The van der Waals surface area contributed by atoms with Crippen molar-refractivity contribution in [3.8, 4) is 0 Å². The predicted molar refractivity (Wildman–Crippen MR) is 40.6 cm³/mol. The second kappa shape index (κ2) is 2.01. The highest BCUT2D eigenvalue weighted by Crippen LogP contribution is 2.33. The lowest BCUT2D eigenvalue weighted by atomic mass is 9.90. The second-order valence-electron chi connectivity index (χ2n) is 2.82.